The van der Waals surface area contributed by atoms with Crippen LogP contribution in [0.5, 0.6) is 5.75 Å². The van der Waals surface area contributed by atoms with Gasteiger partial charge in [0.25, 0.3) is 5.91 Å². The molecule has 4 atom stereocenters. The summed E-state index contributed by atoms with van der Waals surface area (Å²) in [4.78, 5) is 54.5. The molecule has 1 aliphatic rings. The van der Waals surface area contributed by atoms with Crippen molar-refractivity contribution in [3.63, 3.8) is 0 Å². The van der Waals surface area contributed by atoms with Crippen LogP contribution in [0.3, 0.4) is 0 Å². The number of aliphatic hydroxyl groups excluding tert-OH is 1. The Morgan fingerprint density at radius 3 is 2.12 bits per heavy atom. The van der Waals surface area contributed by atoms with Crippen molar-refractivity contribution in [2.24, 2.45) is 11.5 Å². The number of primary amides is 2. The molecule has 1 fully saturated rings. The predicted octanol–water partition coefficient (Wildman–Crippen LogP) is 3.62. The Kier molecular flexibility index (Phi) is 13.3. The van der Waals surface area contributed by atoms with Crippen molar-refractivity contribution < 1.29 is 29.0 Å². The van der Waals surface area contributed by atoms with E-state index in [9.17, 15) is 24.3 Å². The lowest BCUT2D eigenvalue weighted by molar-refractivity contribution is -0.135. The number of nitrogens with zero attached hydrogens (tertiary/aromatic N) is 3. The van der Waals surface area contributed by atoms with Gasteiger partial charge in [0.1, 0.15) is 22.9 Å². The lowest BCUT2D eigenvalue weighted by Gasteiger charge is -2.46. The minimum Gasteiger partial charge on any atom is -0.488 e. The van der Waals surface area contributed by atoms with Gasteiger partial charge < -0.3 is 31.9 Å². The van der Waals surface area contributed by atoms with Gasteiger partial charge in [0.05, 0.1) is 18.6 Å². The van der Waals surface area contributed by atoms with Gasteiger partial charge in [-0.3, -0.25) is 24.1 Å². The van der Waals surface area contributed by atoms with Crippen LogP contribution < -0.4 is 26.8 Å². The zero-order valence-corrected chi connectivity index (χ0v) is 30.3. The number of likely N-dealkylation sites (tertiary alicyclic amines) is 1. The number of carbonyl (C=O) groups is 4. The highest BCUT2D eigenvalue weighted by molar-refractivity contribution is 6.01. The molecular formula is C38H51N7O6. The second-order valence-electron chi connectivity index (χ2n) is 15.0. The maximum atomic E-state index is 13.9. The normalized spacial score (nSPS) is 18.1. The molecule has 4 amide bonds. The number of nitrogens with two attached hydrogens (primary N) is 2. The number of rotatable bonds is 13. The number of carbonyl (C=O) groups excluding carboxylic acids is 4. The molecule has 4 rings (SSSR count). The first-order valence-electron chi connectivity index (χ1n) is 17.0. The van der Waals surface area contributed by atoms with E-state index in [1.165, 1.54) is 0 Å². The van der Waals surface area contributed by atoms with E-state index in [2.05, 4.69) is 10.6 Å². The average molecular weight is 702 g/mol. The summed E-state index contributed by atoms with van der Waals surface area (Å²) >= 11 is 0. The molecule has 0 bridgehead atoms. The zero-order valence-electron chi connectivity index (χ0n) is 30.3. The largest absolute Gasteiger partial charge is 0.488 e. The molecule has 1 aliphatic heterocycles. The maximum Gasteiger partial charge on any atom is 0.251 e. The topological polar surface area (TPSA) is 225 Å². The number of nitrogens with one attached hydrogen (secondary N) is 2. The van der Waals surface area contributed by atoms with E-state index in [0.29, 0.717) is 24.3 Å². The molecule has 0 radical (unpaired) electrons. The Bertz CT molecular complexity index is 1710. The average Bonchev–Trinajstić information content (AvgIpc) is 3.50. The van der Waals surface area contributed by atoms with Crippen LogP contribution in [-0.2, 0) is 20.8 Å². The van der Waals surface area contributed by atoms with Gasteiger partial charge >= 0.3 is 0 Å². The zero-order chi connectivity index (χ0) is 38.1. The summed E-state index contributed by atoms with van der Waals surface area (Å²) in [6, 6.07) is 17.8. The number of hydrogen-bond acceptors (Lipinski definition) is 9. The van der Waals surface area contributed by atoms with E-state index in [1.54, 1.807) is 18.2 Å². The summed E-state index contributed by atoms with van der Waals surface area (Å²) in [5.74, 6) is -1.92. The summed E-state index contributed by atoms with van der Waals surface area (Å²) in [7, 11) is 0. The van der Waals surface area contributed by atoms with E-state index in [0.717, 1.165) is 22.8 Å². The molecule has 0 aromatic heterocycles. The lowest BCUT2D eigenvalue weighted by Crippen LogP contribution is -2.63. The molecule has 3 aromatic carbocycles. The van der Waals surface area contributed by atoms with Crippen molar-refractivity contribution in [1.82, 2.24) is 15.5 Å². The molecule has 0 saturated carbocycles. The van der Waals surface area contributed by atoms with E-state index in [4.69, 9.17) is 27.0 Å². The Hall–Kier alpha value is -5.06. The van der Waals surface area contributed by atoms with Gasteiger partial charge in [0.15, 0.2) is 0 Å². The number of benzene rings is 3. The maximum absolute atomic E-state index is 13.9. The van der Waals surface area contributed by atoms with Crippen LogP contribution in [0.15, 0.2) is 66.7 Å². The van der Waals surface area contributed by atoms with Gasteiger partial charge in [-0.1, -0.05) is 42.5 Å². The van der Waals surface area contributed by atoms with E-state index < -0.39 is 64.9 Å². The Morgan fingerprint density at radius 1 is 0.922 bits per heavy atom. The first kappa shape index (κ1) is 40.4. The summed E-state index contributed by atoms with van der Waals surface area (Å²) in [5.41, 5.74) is 10.7. The fourth-order valence-electron chi connectivity index (χ4n) is 6.76. The molecule has 7 N–H and O–H groups in total. The van der Waals surface area contributed by atoms with Crippen LogP contribution in [0.1, 0.15) is 83.1 Å². The number of hydrogen-bond donors (Lipinski definition) is 5. The van der Waals surface area contributed by atoms with Crippen molar-refractivity contribution in [3.05, 3.63) is 77.9 Å². The standard InChI is InChI=1S/C38H51N5O6.N2/c1-36(2,3)43-19-9-18-38(43,35(40)48)23-31(44)29(20-24-12-16-28(17-13-24)49-37(4,5)6)41-34(47)30(22-32(39)45)42-33(46)27-15-14-25-10-7-8-11-26(25)21-27;1-2/h7-8,10-17,21,29-31,44H,9,18-20,22-23H2,1-6H3,(H2,39,45)(H2,40,48)(H,41,47)(H,42,46);/t29-,30-,31+,38+;/m0./s1. The van der Waals surface area contributed by atoms with Gasteiger partial charge in [-0.05, 0) is 108 Å². The van der Waals surface area contributed by atoms with Crippen molar-refractivity contribution in [3.8, 4) is 5.75 Å². The van der Waals surface area contributed by atoms with Crippen LogP contribution >= 0.6 is 0 Å². The molecule has 0 aliphatic carbocycles. The SMILES string of the molecule is CC(C)(C)Oc1ccc(C[C@H](NC(=O)[C@H](CC(N)=O)NC(=O)c2ccc3ccccc3c2)[C@H](O)C[C@@]2(C(N)=O)CCCN2C(C)(C)C)cc1.N#N. The first-order valence-corrected chi connectivity index (χ1v) is 17.0. The minimum atomic E-state index is -1.32. The van der Waals surface area contributed by atoms with Gasteiger partial charge in [0.2, 0.25) is 17.7 Å². The van der Waals surface area contributed by atoms with Gasteiger partial charge in [-0.15, -0.1) is 0 Å². The lowest BCUT2D eigenvalue weighted by atomic mass is 9.82. The summed E-state index contributed by atoms with van der Waals surface area (Å²) in [6.45, 7) is 12.5. The fourth-order valence-corrected chi connectivity index (χ4v) is 6.76. The van der Waals surface area contributed by atoms with Gasteiger partial charge in [-0.2, -0.15) is 0 Å². The van der Waals surface area contributed by atoms with Crippen LogP contribution in [0, 0.1) is 10.8 Å². The third-order valence-electron chi connectivity index (χ3n) is 8.94. The number of fused-ring (bicyclic) bond motifs is 1. The number of ether oxygens (including phenoxy) is 1. The summed E-state index contributed by atoms with van der Waals surface area (Å²) < 4.78 is 5.95. The molecule has 51 heavy (non-hydrogen) atoms. The van der Waals surface area contributed by atoms with E-state index in [-0.39, 0.29) is 12.8 Å². The van der Waals surface area contributed by atoms with E-state index >= 15 is 0 Å². The van der Waals surface area contributed by atoms with Crippen LogP contribution in [0.4, 0.5) is 0 Å². The van der Waals surface area contributed by atoms with Crippen LogP contribution in [0.25, 0.3) is 10.8 Å². The molecule has 3 aromatic rings. The predicted molar refractivity (Wildman–Crippen MR) is 193 cm³/mol. The second kappa shape index (κ2) is 16.8. The quantitative estimate of drug-likeness (QED) is 0.164. The molecular weight excluding hydrogens is 650 g/mol. The third kappa shape index (κ3) is 10.7. The molecule has 0 unspecified atom stereocenters. The minimum absolute atomic E-state index is 0.0281. The number of aliphatic hydroxyl groups is 1. The molecule has 13 nitrogen and oxygen atoms in total. The fraction of sp³-hybridized carbons (Fsp3) is 0.474. The molecule has 1 heterocycles. The highest BCUT2D eigenvalue weighted by Gasteiger charge is 2.51. The highest BCUT2D eigenvalue weighted by atomic mass is 16.5. The van der Waals surface area contributed by atoms with Crippen molar-refractivity contribution in [2.75, 3.05) is 6.54 Å². The van der Waals surface area contributed by atoms with Crippen molar-refractivity contribution in [2.45, 2.75) is 109 Å². The van der Waals surface area contributed by atoms with Gasteiger partial charge in [0, 0.05) is 28.3 Å². The summed E-state index contributed by atoms with van der Waals surface area (Å²) in [5, 5.41) is 31.2. The number of amides is 4. The monoisotopic (exact) mass is 701 g/mol. The molecule has 13 heteroatoms. The second-order valence-corrected chi connectivity index (χ2v) is 15.0. The molecule has 1 saturated heterocycles. The van der Waals surface area contributed by atoms with Crippen molar-refractivity contribution in [1.29, 1.82) is 10.8 Å². The van der Waals surface area contributed by atoms with Crippen LogP contribution in [-0.4, -0.2) is 75.0 Å². The summed E-state index contributed by atoms with van der Waals surface area (Å²) in [6.07, 6.45) is -0.358. The van der Waals surface area contributed by atoms with Crippen LogP contribution in [0.2, 0.25) is 0 Å². The smallest absolute Gasteiger partial charge is 0.251 e. The van der Waals surface area contributed by atoms with E-state index in [1.807, 2.05) is 95.0 Å². The first-order chi connectivity index (χ1) is 23.9. The highest BCUT2D eigenvalue weighted by Crippen LogP contribution is 2.39. The Morgan fingerprint density at radius 2 is 1.55 bits per heavy atom. The third-order valence-corrected chi connectivity index (χ3v) is 8.94. The molecule has 274 valence electrons. The Balaban J connectivity index is 0.00000345. The molecule has 0 spiro atoms. The Labute approximate surface area is 299 Å². The van der Waals surface area contributed by atoms with Gasteiger partial charge in [-0.25, -0.2) is 0 Å². The van der Waals surface area contributed by atoms with Crippen molar-refractivity contribution >= 4 is 34.4 Å².